The van der Waals surface area contributed by atoms with Crippen LogP contribution in [0.4, 0.5) is 0 Å². The van der Waals surface area contributed by atoms with Crippen molar-refractivity contribution in [1.29, 1.82) is 0 Å². The average molecular weight is 369 g/mol. The average Bonchev–Trinajstić information content (AvgIpc) is 3.31. The van der Waals surface area contributed by atoms with Gasteiger partial charge in [0, 0.05) is 45.5 Å². The highest BCUT2D eigenvalue weighted by Crippen LogP contribution is 2.19. The van der Waals surface area contributed by atoms with E-state index in [9.17, 15) is 0 Å². The van der Waals surface area contributed by atoms with Crippen molar-refractivity contribution in [1.82, 2.24) is 25.3 Å². The lowest BCUT2D eigenvalue weighted by Crippen LogP contribution is -2.45. The van der Waals surface area contributed by atoms with Crippen LogP contribution >= 0.6 is 0 Å². The van der Waals surface area contributed by atoms with Crippen molar-refractivity contribution in [2.45, 2.75) is 45.3 Å². The standard InChI is InChI=1S/C21H32N6/c1-18-14-25-27(16-18)13-7-11-23-21(22-2)24-15-20-10-6-12-26(20)17-19-8-4-3-5-9-19/h3-5,8-9,14,16,20H,6-7,10-13,15,17H2,1-2H3,(H2,22,23,24). The normalized spacial score (nSPS) is 18.0. The van der Waals surface area contributed by atoms with Crippen LogP contribution in [0.15, 0.2) is 47.7 Å². The highest BCUT2D eigenvalue weighted by atomic mass is 15.3. The van der Waals surface area contributed by atoms with E-state index in [0.29, 0.717) is 6.04 Å². The summed E-state index contributed by atoms with van der Waals surface area (Å²) in [5, 5.41) is 11.2. The van der Waals surface area contributed by atoms with Crippen LogP contribution in [0.1, 0.15) is 30.4 Å². The maximum atomic E-state index is 4.36. The fourth-order valence-corrected chi connectivity index (χ4v) is 3.62. The topological polar surface area (TPSA) is 57.5 Å². The van der Waals surface area contributed by atoms with Crippen LogP contribution in [0.25, 0.3) is 0 Å². The first-order chi connectivity index (χ1) is 13.2. The Bertz CT molecular complexity index is 708. The number of nitrogens with zero attached hydrogens (tertiary/aromatic N) is 4. The largest absolute Gasteiger partial charge is 0.356 e. The summed E-state index contributed by atoms with van der Waals surface area (Å²) in [5.41, 5.74) is 2.60. The van der Waals surface area contributed by atoms with E-state index in [1.54, 1.807) is 0 Å². The highest BCUT2D eigenvalue weighted by Gasteiger charge is 2.24. The van der Waals surface area contributed by atoms with Gasteiger partial charge >= 0.3 is 0 Å². The van der Waals surface area contributed by atoms with Crippen molar-refractivity contribution in [3.8, 4) is 0 Å². The van der Waals surface area contributed by atoms with Crippen molar-refractivity contribution >= 4 is 5.96 Å². The number of hydrogen-bond donors (Lipinski definition) is 2. The molecule has 1 atom stereocenters. The highest BCUT2D eigenvalue weighted by molar-refractivity contribution is 5.79. The van der Waals surface area contributed by atoms with Gasteiger partial charge in [0.25, 0.3) is 0 Å². The number of hydrogen-bond acceptors (Lipinski definition) is 3. The minimum atomic E-state index is 0.566. The van der Waals surface area contributed by atoms with Crippen LogP contribution in [0, 0.1) is 6.92 Å². The second kappa shape index (κ2) is 10.1. The first-order valence-corrected chi connectivity index (χ1v) is 9.96. The molecule has 1 saturated heterocycles. The first-order valence-electron chi connectivity index (χ1n) is 9.96. The number of aliphatic imine (C=N–C) groups is 1. The Morgan fingerprint density at radius 2 is 2.11 bits per heavy atom. The van der Waals surface area contributed by atoms with Crippen LogP contribution in [0.3, 0.4) is 0 Å². The molecule has 146 valence electrons. The van der Waals surface area contributed by atoms with Gasteiger partial charge in [-0.15, -0.1) is 0 Å². The number of rotatable bonds is 8. The zero-order valence-corrected chi connectivity index (χ0v) is 16.6. The molecule has 0 saturated carbocycles. The van der Waals surface area contributed by atoms with Crippen molar-refractivity contribution in [2.24, 2.45) is 4.99 Å². The lowest BCUT2D eigenvalue weighted by molar-refractivity contribution is 0.245. The molecule has 2 N–H and O–H groups in total. The van der Waals surface area contributed by atoms with E-state index in [0.717, 1.165) is 38.6 Å². The number of benzene rings is 1. The van der Waals surface area contributed by atoms with Gasteiger partial charge < -0.3 is 10.6 Å². The molecule has 0 radical (unpaired) electrons. The Hall–Kier alpha value is -2.34. The molecule has 1 fully saturated rings. The van der Waals surface area contributed by atoms with Crippen LogP contribution < -0.4 is 10.6 Å². The third-order valence-corrected chi connectivity index (χ3v) is 5.08. The Balaban J connectivity index is 1.38. The van der Waals surface area contributed by atoms with Crippen molar-refractivity contribution in [3.63, 3.8) is 0 Å². The minimum Gasteiger partial charge on any atom is -0.356 e. The number of nitrogens with one attached hydrogen (secondary N) is 2. The summed E-state index contributed by atoms with van der Waals surface area (Å²) in [6, 6.07) is 11.3. The lowest BCUT2D eigenvalue weighted by Gasteiger charge is -2.25. The molecule has 1 aliphatic heterocycles. The summed E-state index contributed by atoms with van der Waals surface area (Å²) < 4.78 is 1.99. The van der Waals surface area contributed by atoms with Gasteiger partial charge in [0.05, 0.1) is 6.20 Å². The third-order valence-electron chi connectivity index (χ3n) is 5.08. The molecule has 1 aromatic carbocycles. The summed E-state index contributed by atoms with van der Waals surface area (Å²) in [6.07, 6.45) is 7.51. The number of likely N-dealkylation sites (tertiary alicyclic amines) is 1. The van der Waals surface area contributed by atoms with Gasteiger partial charge in [-0.3, -0.25) is 14.6 Å². The third kappa shape index (κ3) is 6.10. The summed E-state index contributed by atoms with van der Waals surface area (Å²) in [6.45, 7) is 7.02. The maximum absolute atomic E-state index is 4.36. The Labute approximate surface area is 162 Å². The van der Waals surface area contributed by atoms with E-state index in [1.165, 1.54) is 30.5 Å². The summed E-state index contributed by atoms with van der Waals surface area (Å²) in [5.74, 6) is 0.887. The smallest absolute Gasteiger partial charge is 0.191 e. The molecule has 0 spiro atoms. The molecule has 0 amide bonds. The predicted molar refractivity (Wildman–Crippen MR) is 111 cm³/mol. The van der Waals surface area contributed by atoms with E-state index in [4.69, 9.17) is 0 Å². The van der Waals surface area contributed by atoms with Crippen LogP contribution in [0.2, 0.25) is 0 Å². The molecule has 3 rings (SSSR count). The summed E-state index contributed by atoms with van der Waals surface area (Å²) in [4.78, 5) is 6.94. The predicted octanol–water partition coefficient (Wildman–Crippen LogP) is 2.41. The minimum absolute atomic E-state index is 0.566. The van der Waals surface area contributed by atoms with Gasteiger partial charge in [-0.2, -0.15) is 5.10 Å². The molecule has 6 nitrogen and oxygen atoms in total. The zero-order chi connectivity index (χ0) is 18.9. The molecule has 2 aromatic rings. The van der Waals surface area contributed by atoms with Crippen molar-refractivity contribution in [3.05, 3.63) is 53.9 Å². The lowest BCUT2D eigenvalue weighted by atomic mass is 10.2. The second-order valence-electron chi connectivity index (χ2n) is 7.27. The van der Waals surface area contributed by atoms with Crippen LogP contribution in [0.5, 0.6) is 0 Å². The molecule has 1 aromatic heterocycles. The summed E-state index contributed by atoms with van der Waals surface area (Å²) >= 11 is 0. The van der Waals surface area contributed by atoms with Gasteiger partial charge in [-0.05, 0) is 43.9 Å². The molecule has 0 bridgehead atoms. The van der Waals surface area contributed by atoms with Gasteiger partial charge in [0.2, 0.25) is 0 Å². The Kier molecular flexibility index (Phi) is 7.27. The number of aryl methyl sites for hydroxylation is 2. The molecule has 6 heteroatoms. The van der Waals surface area contributed by atoms with Gasteiger partial charge in [0.15, 0.2) is 5.96 Å². The number of guanidine groups is 1. The summed E-state index contributed by atoms with van der Waals surface area (Å²) in [7, 11) is 1.84. The molecule has 0 aliphatic carbocycles. The molecular weight excluding hydrogens is 336 g/mol. The van der Waals surface area contributed by atoms with Crippen LogP contribution in [-0.4, -0.2) is 53.4 Å². The monoisotopic (exact) mass is 368 g/mol. The van der Waals surface area contributed by atoms with Crippen LogP contribution in [-0.2, 0) is 13.1 Å². The van der Waals surface area contributed by atoms with E-state index in [1.807, 2.05) is 17.9 Å². The van der Waals surface area contributed by atoms with Crippen molar-refractivity contribution in [2.75, 3.05) is 26.7 Å². The fraction of sp³-hybridized carbons (Fsp3) is 0.524. The Morgan fingerprint density at radius 1 is 1.26 bits per heavy atom. The molecule has 1 aliphatic rings. The molecule has 27 heavy (non-hydrogen) atoms. The van der Waals surface area contributed by atoms with E-state index < -0.39 is 0 Å². The van der Waals surface area contributed by atoms with E-state index in [2.05, 4.69) is 69.1 Å². The molecule has 2 heterocycles. The fourth-order valence-electron chi connectivity index (χ4n) is 3.62. The molecular formula is C21H32N6. The maximum Gasteiger partial charge on any atom is 0.191 e. The van der Waals surface area contributed by atoms with E-state index >= 15 is 0 Å². The van der Waals surface area contributed by atoms with Gasteiger partial charge in [-0.25, -0.2) is 0 Å². The van der Waals surface area contributed by atoms with Crippen molar-refractivity contribution < 1.29 is 0 Å². The molecule has 1 unspecified atom stereocenters. The number of aromatic nitrogens is 2. The van der Waals surface area contributed by atoms with Gasteiger partial charge in [-0.1, -0.05) is 30.3 Å². The SMILES string of the molecule is CN=C(NCCCn1cc(C)cn1)NCC1CCCN1Cc1ccccc1. The second-order valence-corrected chi connectivity index (χ2v) is 7.27. The van der Waals surface area contributed by atoms with E-state index in [-0.39, 0.29) is 0 Å². The zero-order valence-electron chi connectivity index (χ0n) is 16.6. The first kappa shape index (κ1) is 19.4. The quantitative estimate of drug-likeness (QED) is 0.427. The Morgan fingerprint density at radius 3 is 2.85 bits per heavy atom. The van der Waals surface area contributed by atoms with Gasteiger partial charge in [0.1, 0.15) is 0 Å².